The number of para-hydroxylation sites is 2. The van der Waals surface area contributed by atoms with Crippen LogP contribution in [0.4, 0.5) is 5.82 Å². The fraction of sp³-hybridized carbons (Fsp3) is 0.292. The van der Waals surface area contributed by atoms with Crippen molar-refractivity contribution in [2.24, 2.45) is 5.92 Å². The number of fused-ring (bicyclic) bond motifs is 4. The number of carbonyl (C=O) groups excluding carboxylic acids is 2. The van der Waals surface area contributed by atoms with Gasteiger partial charge in [0.2, 0.25) is 11.8 Å². The van der Waals surface area contributed by atoms with Crippen molar-refractivity contribution in [2.75, 3.05) is 11.4 Å². The fourth-order valence-corrected chi connectivity index (χ4v) is 5.09. The number of aromatic amines is 2. The first-order valence-electron chi connectivity index (χ1n) is 10.8. The van der Waals surface area contributed by atoms with Gasteiger partial charge < -0.3 is 10.3 Å². The molecule has 0 unspecified atom stereocenters. The van der Waals surface area contributed by atoms with Crippen LogP contribution in [-0.2, 0) is 16.0 Å². The maximum atomic E-state index is 13.1. The van der Waals surface area contributed by atoms with Gasteiger partial charge in [-0.2, -0.15) is 5.10 Å². The molecule has 1 fully saturated rings. The van der Waals surface area contributed by atoms with E-state index in [2.05, 4.69) is 38.7 Å². The molecule has 156 valence electrons. The largest absolute Gasteiger partial charge is 0.356 e. The molecule has 2 aliphatic rings. The Labute approximate surface area is 178 Å². The Kier molecular flexibility index (Phi) is 4.09. The van der Waals surface area contributed by atoms with Gasteiger partial charge in [0.25, 0.3) is 0 Å². The maximum Gasteiger partial charge on any atom is 0.229 e. The van der Waals surface area contributed by atoms with Crippen LogP contribution in [-0.4, -0.2) is 33.5 Å². The van der Waals surface area contributed by atoms with E-state index in [0.717, 1.165) is 41.4 Å². The number of nitrogens with zero attached hydrogens (tertiary/aromatic N) is 2. The summed E-state index contributed by atoms with van der Waals surface area (Å²) < 4.78 is 0. The lowest BCUT2D eigenvalue weighted by atomic mass is 9.91. The van der Waals surface area contributed by atoms with E-state index in [1.54, 1.807) is 4.90 Å². The van der Waals surface area contributed by atoms with Crippen molar-refractivity contribution in [1.29, 1.82) is 0 Å². The van der Waals surface area contributed by atoms with E-state index in [0.29, 0.717) is 12.4 Å². The van der Waals surface area contributed by atoms with E-state index in [9.17, 15) is 9.59 Å². The van der Waals surface area contributed by atoms with Crippen LogP contribution >= 0.6 is 0 Å². The summed E-state index contributed by atoms with van der Waals surface area (Å²) in [5, 5.41) is 12.7. The summed E-state index contributed by atoms with van der Waals surface area (Å²) in [6.07, 6.45) is 3.17. The van der Waals surface area contributed by atoms with E-state index in [1.165, 1.54) is 10.9 Å². The van der Waals surface area contributed by atoms with Crippen molar-refractivity contribution in [3.63, 3.8) is 0 Å². The van der Waals surface area contributed by atoms with Gasteiger partial charge in [0.15, 0.2) is 5.82 Å². The Morgan fingerprint density at radius 2 is 1.84 bits per heavy atom. The molecule has 31 heavy (non-hydrogen) atoms. The molecule has 1 saturated heterocycles. The van der Waals surface area contributed by atoms with Crippen LogP contribution in [0.2, 0.25) is 0 Å². The minimum atomic E-state index is -0.377. The zero-order valence-corrected chi connectivity index (χ0v) is 17.0. The second kappa shape index (κ2) is 6.97. The molecule has 0 saturated carbocycles. The molecule has 0 radical (unpaired) electrons. The van der Waals surface area contributed by atoms with Gasteiger partial charge in [-0.3, -0.25) is 19.6 Å². The minimum Gasteiger partial charge on any atom is -0.356 e. The summed E-state index contributed by atoms with van der Waals surface area (Å²) in [7, 11) is 0. The maximum absolute atomic E-state index is 13.1. The SMILES string of the molecule is O=C(N[C@H]1CCCc2c1[nH]c1ccccc21)[C@@H]1CC(=O)N(c2n[nH]c3ccccc23)C1. The number of anilines is 1. The molecule has 4 aromatic rings. The molecule has 3 heterocycles. The number of benzene rings is 2. The molecule has 2 amide bonds. The first-order chi connectivity index (χ1) is 15.2. The molecule has 1 aliphatic heterocycles. The molecule has 2 aromatic carbocycles. The molecule has 1 aliphatic carbocycles. The average Bonchev–Trinajstić information content (AvgIpc) is 3.49. The quantitative estimate of drug-likeness (QED) is 0.479. The van der Waals surface area contributed by atoms with Gasteiger partial charge in [0.05, 0.1) is 17.5 Å². The monoisotopic (exact) mass is 413 g/mol. The van der Waals surface area contributed by atoms with Crippen LogP contribution < -0.4 is 10.2 Å². The lowest BCUT2D eigenvalue weighted by molar-refractivity contribution is -0.127. The van der Waals surface area contributed by atoms with E-state index < -0.39 is 0 Å². The highest BCUT2D eigenvalue weighted by Gasteiger charge is 2.38. The molecule has 6 rings (SSSR count). The van der Waals surface area contributed by atoms with Crippen molar-refractivity contribution >= 4 is 39.4 Å². The second-order valence-corrected chi connectivity index (χ2v) is 8.51. The molecule has 7 nitrogen and oxygen atoms in total. The number of nitrogens with one attached hydrogen (secondary N) is 3. The number of carbonyl (C=O) groups is 2. The van der Waals surface area contributed by atoms with Gasteiger partial charge in [0.1, 0.15) is 0 Å². The van der Waals surface area contributed by atoms with Gasteiger partial charge in [-0.15, -0.1) is 0 Å². The number of rotatable bonds is 3. The van der Waals surface area contributed by atoms with Crippen LogP contribution in [0.1, 0.15) is 36.6 Å². The molecular formula is C24H23N5O2. The first kappa shape index (κ1) is 18.2. The topological polar surface area (TPSA) is 93.9 Å². The molecule has 3 N–H and O–H groups in total. The number of hydrogen-bond acceptors (Lipinski definition) is 3. The summed E-state index contributed by atoms with van der Waals surface area (Å²) in [6, 6.07) is 16.0. The number of aryl methyl sites for hydroxylation is 1. The number of amides is 2. The zero-order chi connectivity index (χ0) is 20.9. The van der Waals surface area contributed by atoms with E-state index in [-0.39, 0.29) is 30.2 Å². The van der Waals surface area contributed by atoms with Crippen molar-refractivity contribution < 1.29 is 9.59 Å². The highest BCUT2D eigenvalue weighted by molar-refractivity contribution is 6.05. The number of aromatic nitrogens is 3. The standard InChI is InChI=1S/C24H23N5O2/c30-21-12-14(13-29(21)23-17-7-2-4-10-19(17)27-28-23)24(31)26-20-11-5-8-16-15-6-1-3-9-18(15)25-22(16)20/h1-4,6-7,9-10,14,20,25H,5,8,11-13H2,(H,26,31)(H,27,28)/t14-,20+/m1/s1. The summed E-state index contributed by atoms with van der Waals surface area (Å²) >= 11 is 0. The third kappa shape index (κ3) is 2.91. The Morgan fingerprint density at radius 3 is 2.71 bits per heavy atom. The van der Waals surface area contributed by atoms with Crippen molar-refractivity contribution in [3.05, 3.63) is 59.8 Å². The molecule has 0 bridgehead atoms. The average molecular weight is 413 g/mol. The van der Waals surface area contributed by atoms with Crippen LogP contribution in [0.3, 0.4) is 0 Å². The van der Waals surface area contributed by atoms with E-state index >= 15 is 0 Å². The van der Waals surface area contributed by atoms with Gasteiger partial charge >= 0.3 is 0 Å². The Bertz CT molecular complexity index is 1320. The van der Waals surface area contributed by atoms with Crippen molar-refractivity contribution in [3.8, 4) is 0 Å². The van der Waals surface area contributed by atoms with Crippen LogP contribution in [0.15, 0.2) is 48.5 Å². The van der Waals surface area contributed by atoms with Crippen molar-refractivity contribution in [2.45, 2.75) is 31.7 Å². The predicted octanol–water partition coefficient (Wildman–Crippen LogP) is 3.59. The molecule has 2 aromatic heterocycles. The molecule has 7 heteroatoms. The third-order valence-electron chi connectivity index (χ3n) is 6.63. The highest BCUT2D eigenvalue weighted by Crippen LogP contribution is 2.35. The smallest absolute Gasteiger partial charge is 0.229 e. The van der Waals surface area contributed by atoms with Crippen LogP contribution in [0.5, 0.6) is 0 Å². The molecule has 0 spiro atoms. The summed E-state index contributed by atoms with van der Waals surface area (Å²) in [5.41, 5.74) is 4.41. The Balaban J connectivity index is 1.22. The fourth-order valence-electron chi connectivity index (χ4n) is 5.09. The summed E-state index contributed by atoms with van der Waals surface area (Å²) in [6.45, 7) is 0.353. The van der Waals surface area contributed by atoms with Crippen molar-refractivity contribution in [1.82, 2.24) is 20.5 Å². The molecule has 2 atom stereocenters. The highest BCUT2D eigenvalue weighted by atomic mass is 16.2. The summed E-state index contributed by atoms with van der Waals surface area (Å²) in [4.78, 5) is 31.0. The predicted molar refractivity (Wildman–Crippen MR) is 119 cm³/mol. The van der Waals surface area contributed by atoms with Gasteiger partial charge in [-0.1, -0.05) is 30.3 Å². The normalized spacial score (nSPS) is 21.0. The van der Waals surface area contributed by atoms with Crippen LogP contribution in [0.25, 0.3) is 21.8 Å². The Morgan fingerprint density at radius 1 is 1.06 bits per heavy atom. The number of H-pyrrole nitrogens is 2. The van der Waals surface area contributed by atoms with E-state index in [4.69, 9.17) is 0 Å². The van der Waals surface area contributed by atoms with Gasteiger partial charge in [-0.05, 0) is 43.0 Å². The lowest BCUT2D eigenvalue weighted by Gasteiger charge is -2.25. The van der Waals surface area contributed by atoms with Crippen LogP contribution in [0, 0.1) is 5.92 Å². The minimum absolute atomic E-state index is 0.0426. The van der Waals surface area contributed by atoms with Gasteiger partial charge in [0, 0.05) is 34.9 Å². The Hall–Kier alpha value is -3.61. The molecular weight excluding hydrogens is 390 g/mol. The number of hydrogen-bond donors (Lipinski definition) is 3. The first-order valence-corrected chi connectivity index (χ1v) is 10.8. The van der Waals surface area contributed by atoms with Gasteiger partial charge in [-0.25, -0.2) is 0 Å². The lowest BCUT2D eigenvalue weighted by Crippen LogP contribution is -2.37. The second-order valence-electron chi connectivity index (χ2n) is 8.51. The third-order valence-corrected chi connectivity index (χ3v) is 6.63. The zero-order valence-electron chi connectivity index (χ0n) is 17.0. The summed E-state index contributed by atoms with van der Waals surface area (Å²) in [5.74, 6) is 0.101. The van der Waals surface area contributed by atoms with E-state index in [1.807, 2.05) is 30.3 Å².